The Balaban J connectivity index is 1.33. The Morgan fingerprint density at radius 3 is 1.66 bits per heavy atom. The molecule has 0 radical (unpaired) electrons. The molecule has 0 amide bonds. The first-order chi connectivity index (χ1) is 14.1. The Bertz CT molecular complexity index is 587. The molecule has 2 aliphatic carbocycles. The summed E-state index contributed by atoms with van der Waals surface area (Å²) in [6, 6.07) is 2.40. The molecule has 2 saturated carbocycles. The third-order valence-corrected chi connectivity index (χ3v) is 7.74. The summed E-state index contributed by atoms with van der Waals surface area (Å²) in [4.78, 5) is 0. The summed E-state index contributed by atoms with van der Waals surface area (Å²) < 4.78 is 40.2. The number of benzene rings is 1. The van der Waals surface area contributed by atoms with Crippen molar-refractivity contribution in [3.8, 4) is 0 Å². The molecule has 0 aromatic heterocycles. The van der Waals surface area contributed by atoms with Gasteiger partial charge in [0.1, 0.15) is 0 Å². The molecular formula is C26H39F3. The SMILES string of the molecule is CCCCCCC1CCC(CCC2CCC(c3cc(F)c(F)c(F)c3)CC2)CC1. The fourth-order valence-corrected chi connectivity index (χ4v) is 5.74. The first kappa shape index (κ1) is 22.7. The quantitative estimate of drug-likeness (QED) is 0.282. The number of hydrogen-bond acceptors (Lipinski definition) is 0. The normalized spacial score (nSPS) is 27.9. The van der Waals surface area contributed by atoms with Crippen LogP contribution in [0.25, 0.3) is 0 Å². The van der Waals surface area contributed by atoms with E-state index in [-0.39, 0.29) is 5.92 Å². The Morgan fingerprint density at radius 2 is 1.14 bits per heavy atom. The standard InChI is InChI=1S/C26H39F3/c1-2-3-4-5-6-19-7-9-20(10-8-19)11-12-21-13-15-22(16-14-21)23-17-24(27)26(29)25(28)18-23/h17-22H,2-16H2,1H3. The van der Waals surface area contributed by atoms with Gasteiger partial charge in [0.15, 0.2) is 17.5 Å². The molecule has 29 heavy (non-hydrogen) atoms. The van der Waals surface area contributed by atoms with E-state index in [9.17, 15) is 13.2 Å². The maximum atomic E-state index is 13.5. The van der Waals surface area contributed by atoms with Gasteiger partial charge >= 0.3 is 0 Å². The molecule has 2 fully saturated rings. The van der Waals surface area contributed by atoms with Gasteiger partial charge in [-0.15, -0.1) is 0 Å². The summed E-state index contributed by atoms with van der Waals surface area (Å²) in [7, 11) is 0. The summed E-state index contributed by atoms with van der Waals surface area (Å²) in [5.41, 5.74) is 0.636. The van der Waals surface area contributed by atoms with E-state index in [2.05, 4.69) is 6.92 Å². The van der Waals surface area contributed by atoms with E-state index in [1.165, 1.54) is 82.8 Å². The van der Waals surface area contributed by atoms with Gasteiger partial charge in [0.2, 0.25) is 0 Å². The average Bonchev–Trinajstić information content (AvgIpc) is 2.74. The zero-order chi connectivity index (χ0) is 20.6. The predicted octanol–water partition coefficient (Wildman–Crippen LogP) is 8.93. The van der Waals surface area contributed by atoms with E-state index >= 15 is 0 Å². The van der Waals surface area contributed by atoms with Crippen molar-refractivity contribution in [2.24, 2.45) is 17.8 Å². The Labute approximate surface area is 175 Å². The van der Waals surface area contributed by atoms with Crippen LogP contribution in [-0.2, 0) is 0 Å². The largest absolute Gasteiger partial charge is 0.204 e. The Morgan fingerprint density at radius 1 is 0.655 bits per heavy atom. The van der Waals surface area contributed by atoms with Crippen molar-refractivity contribution in [3.63, 3.8) is 0 Å². The lowest BCUT2D eigenvalue weighted by molar-refractivity contribution is 0.222. The maximum Gasteiger partial charge on any atom is 0.194 e. The minimum atomic E-state index is -1.35. The van der Waals surface area contributed by atoms with E-state index in [4.69, 9.17) is 0 Å². The second-order valence-corrected chi connectivity index (χ2v) is 9.83. The highest BCUT2D eigenvalue weighted by Crippen LogP contribution is 2.40. The monoisotopic (exact) mass is 408 g/mol. The second kappa shape index (κ2) is 11.4. The Hall–Kier alpha value is -0.990. The van der Waals surface area contributed by atoms with Gasteiger partial charge in [-0.25, -0.2) is 13.2 Å². The molecule has 3 rings (SSSR count). The van der Waals surface area contributed by atoms with Gasteiger partial charge < -0.3 is 0 Å². The van der Waals surface area contributed by atoms with Crippen LogP contribution in [0.4, 0.5) is 13.2 Å². The molecule has 1 aromatic rings. The lowest BCUT2D eigenvalue weighted by Crippen LogP contribution is -2.18. The van der Waals surface area contributed by atoms with Gasteiger partial charge in [-0.1, -0.05) is 77.6 Å². The molecule has 0 atom stereocenters. The minimum absolute atomic E-state index is 0.180. The Kier molecular flexibility index (Phi) is 8.93. The molecule has 0 nitrogen and oxygen atoms in total. The van der Waals surface area contributed by atoms with Crippen LogP contribution in [0.2, 0.25) is 0 Å². The lowest BCUT2D eigenvalue weighted by Gasteiger charge is -2.32. The van der Waals surface area contributed by atoms with Gasteiger partial charge in [0.05, 0.1) is 0 Å². The van der Waals surface area contributed by atoms with Crippen molar-refractivity contribution in [2.45, 2.75) is 109 Å². The number of halogens is 3. The van der Waals surface area contributed by atoms with Crippen molar-refractivity contribution in [1.29, 1.82) is 0 Å². The van der Waals surface area contributed by atoms with Crippen LogP contribution in [0.5, 0.6) is 0 Å². The van der Waals surface area contributed by atoms with Crippen molar-refractivity contribution >= 4 is 0 Å². The van der Waals surface area contributed by atoms with E-state index in [0.29, 0.717) is 5.56 Å². The zero-order valence-corrected chi connectivity index (χ0v) is 18.2. The molecule has 0 bridgehead atoms. The van der Waals surface area contributed by atoms with Gasteiger partial charge in [0.25, 0.3) is 0 Å². The second-order valence-electron chi connectivity index (χ2n) is 9.83. The molecule has 2 aliphatic rings. The topological polar surface area (TPSA) is 0 Å². The first-order valence-electron chi connectivity index (χ1n) is 12.2. The molecule has 0 heterocycles. The molecule has 0 aliphatic heterocycles. The van der Waals surface area contributed by atoms with Crippen molar-refractivity contribution in [1.82, 2.24) is 0 Å². The van der Waals surface area contributed by atoms with E-state index in [1.807, 2.05) is 0 Å². The van der Waals surface area contributed by atoms with Crippen LogP contribution >= 0.6 is 0 Å². The van der Waals surface area contributed by atoms with Crippen LogP contribution in [0, 0.1) is 35.2 Å². The third-order valence-electron chi connectivity index (χ3n) is 7.74. The summed E-state index contributed by atoms with van der Waals surface area (Å²) in [6.07, 6.45) is 19.6. The highest BCUT2D eigenvalue weighted by Gasteiger charge is 2.26. The average molecular weight is 409 g/mol. The van der Waals surface area contributed by atoms with E-state index in [0.717, 1.165) is 43.4 Å². The highest BCUT2D eigenvalue weighted by atomic mass is 19.2. The third kappa shape index (κ3) is 6.76. The predicted molar refractivity (Wildman–Crippen MR) is 114 cm³/mol. The summed E-state index contributed by atoms with van der Waals surface area (Å²) in [6.45, 7) is 2.28. The van der Waals surface area contributed by atoms with Crippen LogP contribution in [0.3, 0.4) is 0 Å². The maximum absolute atomic E-state index is 13.5. The highest BCUT2D eigenvalue weighted by molar-refractivity contribution is 5.23. The van der Waals surface area contributed by atoms with Crippen LogP contribution in [0.15, 0.2) is 12.1 Å². The molecule has 0 saturated heterocycles. The smallest absolute Gasteiger partial charge is 0.194 e. The molecule has 0 N–H and O–H groups in total. The summed E-state index contributed by atoms with van der Waals surface area (Å²) in [5.74, 6) is -0.619. The van der Waals surface area contributed by atoms with Crippen LogP contribution in [-0.4, -0.2) is 0 Å². The fourth-order valence-electron chi connectivity index (χ4n) is 5.74. The van der Waals surface area contributed by atoms with Gasteiger partial charge in [-0.2, -0.15) is 0 Å². The van der Waals surface area contributed by atoms with Gasteiger partial charge in [-0.05, 0) is 67.1 Å². The van der Waals surface area contributed by atoms with E-state index < -0.39 is 17.5 Å². The van der Waals surface area contributed by atoms with Gasteiger partial charge in [0, 0.05) is 0 Å². The molecule has 0 spiro atoms. The fraction of sp³-hybridized carbons (Fsp3) is 0.769. The molecule has 1 aromatic carbocycles. The first-order valence-corrected chi connectivity index (χ1v) is 12.2. The van der Waals surface area contributed by atoms with Crippen LogP contribution < -0.4 is 0 Å². The minimum Gasteiger partial charge on any atom is -0.204 e. The molecule has 3 heteroatoms. The molecule has 164 valence electrons. The summed E-state index contributed by atoms with van der Waals surface area (Å²) >= 11 is 0. The summed E-state index contributed by atoms with van der Waals surface area (Å²) in [5, 5.41) is 0. The number of rotatable bonds is 9. The number of unbranched alkanes of at least 4 members (excludes halogenated alkanes) is 3. The lowest BCUT2D eigenvalue weighted by atomic mass is 9.74. The van der Waals surface area contributed by atoms with Crippen molar-refractivity contribution < 1.29 is 13.2 Å². The van der Waals surface area contributed by atoms with Crippen LogP contribution in [0.1, 0.15) is 115 Å². The van der Waals surface area contributed by atoms with Crippen molar-refractivity contribution in [3.05, 3.63) is 35.1 Å². The number of hydrogen-bond donors (Lipinski definition) is 0. The molecular weight excluding hydrogens is 369 g/mol. The van der Waals surface area contributed by atoms with Crippen molar-refractivity contribution in [2.75, 3.05) is 0 Å². The molecule has 0 unspecified atom stereocenters. The zero-order valence-electron chi connectivity index (χ0n) is 18.2. The van der Waals surface area contributed by atoms with Gasteiger partial charge in [-0.3, -0.25) is 0 Å². The van der Waals surface area contributed by atoms with E-state index in [1.54, 1.807) is 0 Å².